The molecule has 2 aromatic rings. The van der Waals surface area contributed by atoms with Crippen molar-refractivity contribution in [1.29, 1.82) is 0 Å². The summed E-state index contributed by atoms with van der Waals surface area (Å²) in [5.41, 5.74) is 7.02. The Bertz CT molecular complexity index is 638. The molecule has 0 aliphatic heterocycles. The van der Waals surface area contributed by atoms with Gasteiger partial charge in [0, 0.05) is 6.20 Å². The predicted molar refractivity (Wildman–Crippen MR) is 73.4 cm³/mol. The number of urea groups is 1. The standard InChI is InChI=1S/C12H13N5O3/c13-9-3-1-2-4-10(9)16-12(20)15-8-5-14-17(6-8)7-11(18)19/h1-6H,7,13H2,(H,18,19)(H2,15,16,20). The number of hydrogen-bond donors (Lipinski definition) is 4. The molecule has 1 heterocycles. The minimum absolute atomic E-state index is 0.269. The van der Waals surface area contributed by atoms with E-state index >= 15 is 0 Å². The number of carboxylic acid groups (broad SMARTS) is 1. The number of aliphatic carboxylic acids is 1. The van der Waals surface area contributed by atoms with Gasteiger partial charge in [-0.05, 0) is 12.1 Å². The lowest BCUT2D eigenvalue weighted by atomic mass is 10.3. The number of benzene rings is 1. The van der Waals surface area contributed by atoms with Crippen LogP contribution >= 0.6 is 0 Å². The van der Waals surface area contributed by atoms with Crippen LogP contribution in [0.1, 0.15) is 0 Å². The number of nitrogens with two attached hydrogens (primary N) is 1. The van der Waals surface area contributed by atoms with E-state index in [0.717, 1.165) is 0 Å². The Morgan fingerprint density at radius 2 is 2.05 bits per heavy atom. The second kappa shape index (κ2) is 5.74. The van der Waals surface area contributed by atoms with Crippen molar-refractivity contribution < 1.29 is 14.7 Å². The van der Waals surface area contributed by atoms with Crippen molar-refractivity contribution in [2.75, 3.05) is 16.4 Å². The summed E-state index contributed by atoms with van der Waals surface area (Å²) in [5.74, 6) is -1.01. The molecule has 0 saturated carbocycles. The molecule has 0 unspecified atom stereocenters. The Kier molecular flexibility index (Phi) is 3.85. The number of carboxylic acids is 1. The fourth-order valence-corrected chi connectivity index (χ4v) is 1.55. The van der Waals surface area contributed by atoms with Crippen LogP contribution in [0.3, 0.4) is 0 Å². The maximum atomic E-state index is 11.7. The molecule has 1 aromatic heterocycles. The largest absolute Gasteiger partial charge is 0.480 e. The van der Waals surface area contributed by atoms with Gasteiger partial charge in [0.15, 0.2) is 0 Å². The van der Waals surface area contributed by atoms with E-state index in [9.17, 15) is 9.59 Å². The van der Waals surface area contributed by atoms with Crippen LogP contribution in [0.4, 0.5) is 21.9 Å². The predicted octanol–water partition coefficient (Wildman–Crippen LogP) is 1.19. The SMILES string of the molecule is Nc1ccccc1NC(=O)Nc1cnn(CC(=O)O)c1. The van der Waals surface area contributed by atoms with Crippen LogP contribution < -0.4 is 16.4 Å². The van der Waals surface area contributed by atoms with Gasteiger partial charge in [0.05, 0.1) is 23.3 Å². The third-order valence-electron chi connectivity index (χ3n) is 2.40. The normalized spacial score (nSPS) is 10.0. The van der Waals surface area contributed by atoms with E-state index in [0.29, 0.717) is 17.1 Å². The molecule has 0 bridgehead atoms. The summed E-state index contributed by atoms with van der Waals surface area (Å²) in [4.78, 5) is 22.2. The summed E-state index contributed by atoms with van der Waals surface area (Å²) in [6, 6.07) is 6.35. The molecule has 0 atom stereocenters. The van der Waals surface area contributed by atoms with Crippen LogP contribution in [0.5, 0.6) is 0 Å². The minimum Gasteiger partial charge on any atom is -0.480 e. The Morgan fingerprint density at radius 1 is 1.30 bits per heavy atom. The highest BCUT2D eigenvalue weighted by atomic mass is 16.4. The fourth-order valence-electron chi connectivity index (χ4n) is 1.55. The third-order valence-corrected chi connectivity index (χ3v) is 2.40. The Balaban J connectivity index is 1.96. The van der Waals surface area contributed by atoms with Gasteiger partial charge in [-0.3, -0.25) is 9.48 Å². The van der Waals surface area contributed by atoms with E-state index in [4.69, 9.17) is 10.8 Å². The van der Waals surface area contributed by atoms with Gasteiger partial charge < -0.3 is 21.5 Å². The molecule has 104 valence electrons. The van der Waals surface area contributed by atoms with Gasteiger partial charge in [-0.15, -0.1) is 0 Å². The highest BCUT2D eigenvalue weighted by Crippen LogP contribution is 2.17. The zero-order valence-corrected chi connectivity index (χ0v) is 10.4. The van der Waals surface area contributed by atoms with Gasteiger partial charge in [0.1, 0.15) is 6.54 Å². The molecule has 5 N–H and O–H groups in total. The first-order valence-electron chi connectivity index (χ1n) is 5.71. The smallest absolute Gasteiger partial charge is 0.325 e. The number of carbonyl (C=O) groups excluding carboxylic acids is 1. The summed E-state index contributed by atoms with van der Waals surface area (Å²) < 4.78 is 1.20. The van der Waals surface area contributed by atoms with E-state index < -0.39 is 12.0 Å². The lowest BCUT2D eigenvalue weighted by molar-refractivity contribution is -0.137. The zero-order valence-electron chi connectivity index (χ0n) is 10.4. The number of para-hydroxylation sites is 2. The van der Waals surface area contributed by atoms with Gasteiger partial charge >= 0.3 is 12.0 Å². The number of amides is 2. The molecule has 2 amide bonds. The van der Waals surface area contributed by atoms with Crippen molar-refractivity contribution >= 4 is 29.1 Å². The number of nitrogens with zero attached hydrogens (tertiary/aromatic N) is 2. The van der Waals surface area contributed by atoms with Gasteiger partial charge in [0.2, 0.25) is 0 Å². The zero-order chi connectivity index (χ0) is 14.5. The molecule has 0 spiro atoms. The maximum Gasteiger partial charge on any atom is 0.325 e. The van der Waals surface area contributed by atoms with Crippen molar-refractivity contribution in [2.45, 2.75) is 6.54 Å². The number of nitrogens with one attached hydrogen (secondary N) is 2. The quantitative estimate of drug-likeness (QED) is 0.624. The van der Waals surface area contributed by atoms with Crippen LogP contribution in [0.15, 0.2) is 36.7 Å². The second-order valence-corrected chi connectivity index (χ2v) is 3.99. The monoisotopic (exact) mass is 275 g/mol. The average molecular weight is 275 g/mol. The molecular weight excluding hydrogens is 262 g/mol. The molecule has 0 fully saturated rings. The highest BCUT2D eigenvalue weighted by molar-refractivity contribution is 6.01. The van der Waals surface area contributed by atoms with Gasteiger partial charge in [-0.25, -0.2) is 4.79 Å². The number of carbonyl (C=O) groups is 2. The van der Waals surface area contributed by atoms with E-state index in [1.165, 1.54) is 17.1 Å². The molecule has 8 heteroatoms. The number of aromatic nitrogens is 2. The molecule has 8 nitrogen and oxygen atoms in total. The van der Waals surface area contributed by atoms with Crippen molar-refractivity contribution in [3.8, 4) is 0 Å². The van der Waals surface area contributed by atoms with Crippen molar-refractivity contribution in [1.82, 2.24) is 9.78 Å². The van der Waals surface area contributed by atoms with Gasteiger partial charge in [-0.1, -0.05) is 12.1 Å². The summed E-state index contributed by atoms with van der Waals surface area (Å²) in [5, 5.41) is 17.5. The third kappa shape index (κ3) is 3.48. The van der Waals surface area contributed by atoms with Crippen molar-refractivity contribution in [3.05, 3.63) is 36.7 Å². The minimum atomic E-state index is -1.01. The number of hydrogen-bond acceptors (Lipinski definition) is 4. The first-order valence-corrected chi connectivity index (χ1v) is 5.71. The lowest BCUT2D eigenvalue weighted by Gasteiger charge is -2.07. The molecule has 1 aromatic carbocycles. The van der Waals surface area contributed by atoms with Crippen LogP contribution in [0, 0.1) is 0 Å². The summed E-state index contributed by atoms with van der Waals surface area (Å²) in [6.45, 7) is -0.269. The van der Waals surface area contributed by atoms with E-state index in [2.05, 4.69) is 15.7 Å². The van der Waals surface area contributed by atoms with Gasteiger partial charge in [-0.2, -0.15) is 5.10 Å². The molecule has 2 rings (SSSR count). The first-order chi connectivity index (χ1) is 9.54. The van der Waals surface area contributed by atoms with Gasteiger partial charge in [0.25, 0.3) is 0 Å². The first kappa shape index (κ1) is 13.4. The highest BCUT2D eigenvalue weighted by Gasteiger charge is 2.07. The maximum absolute atomic E-state index is 11.7. The number of rotatable bonds is 4. The Hall–Kier alpha value is -3.03. The van der Waals surface area contributed by atoms with Crippen molar-refractivity contribution in [2.24, 2.45) is 0 Å². The van der Waals surface area contributed by atoms with E-state index in [-0.39, 0.29) is 6.54 Å². The molecular formula is C12H13N5O3. The van der Waals surface area contributed by atoms with E-state index in [1.54, 1.807) is 24.3 Å². The Morgan fingerprint density at radius 3 is 2.75 bits per heavy atom. The fraction of sp³-hybridized carbons (Fsp3) is 0.0833. The average Bonchev–Trinajstić information content (AvgIpc) is 2.78. The molecule has 20 heavy (non-hydrogen) atoms. The molecule has 0 aliphatic carbocycles. The lowest BCUT2D eigenvalue weighted by Crippen LogP contribution is -2.19. The summed E-state index contributed by atoms with van der Waals surface area (Å²) in [6.07, 6.45) is 2.78. The van der Waals surface area contributed by atoms with Crippen molar-refractivity contribution in [3.63, 3.8) is 0 Å². The number of nitrogen functional groups attached to an aromatic ring is 1. The summed E-state index contributed by atoms with van der Waals surface area (Å²) in [7, 11) is 0. The molecule has 0 radical (unpaired) electrons. The topological polar surface area (TPSA) is 122 Å². The van der Waals surface area contributed by atoms with Crippen LogP contribution in [-0.2, 0) is 11.3 Å². The summed E-state index contributed by atoms with van der Waals surface area (Å²) >= 11 is 0. The molecule has 0 aliphatic rings. The van der Waals surface area contributed by atoms with Crippen LogP contribution in [0.25, 0.3) is 0 Å². The Labute approximate surface area is 114 Å². The van der Waals surface area contributed by atoms with E-state index in [1.807, 2.05) is 0 Å². The molecule has 0 saturated heterocycles. The number of anilines is 3. The second-order valence-electron chi connectivity index (χ2n) is 3.99. The van der Waals surface area contributed by atoms with Crippen LogP contribution in [0.2, 0.25) is 0 Å². The van der Waals surface area contributed by atoms with Crippen LogP contribution in [-0.4, -0.2) is 26.9 Å².